The standard InChI is InChI=1S/C18H17ClFN3O2/c19-13-2-1-3-15(9-13)22-18(25)21-10-12-8-17(24)23(11-12)16-6-4-14(20)5-7-16/h1-7,9,12H,8,10-11H2,(H2,21,22,25)/t12-/m0/s1. The van der Waals surface area contributed by atoms with Crippen LogP contribution in [0.5, 0.6) is 0 Å². The van der Waals surface area contributed by atoms with E-state index in [2.05, 4.69) is 10.6 Å². The lowest BCUT2D eigenvalue weighted by Crippen LogP contribution is -2.34. The van der Waals surface area contributed by atoms with Crippen molar-refractivity contribution in [2.24, 2.45) is 5.92 Å². The SMILES string of the molecule is O=C(NC[C@@H]1CC(=O)N(c2ccc(F)cc2)C1)Nc1cccc(Cl)c1. The third-order valence-electron chi connectivity index (χ3n) is 3.98. The highest BCUT2D eigenvalue weighted by molar-refractivity contribution is 6.30. The average Bonchev–Trinajstić information content (AvgIpc) is 2.95. The summed E-state index contributed by atoms with van der Waals surface area (Å²) in [7, 11) is 0. The lowest BCUT2D eigenvalue weighted by molar-refractivity contribution is -0.117. The van der Waals surface area contributed by atoms with Gasteiger partial charge in [-0.1, -0.05) is 17.7 Å². The molecule has 25 heavy (non-hydrogen) atoms. The van der Waals surface area contributed by atoms with Gasteiger partial charge < -0.3 is 15.5 Å². The third-order valence-corrected chi connectivity index (χ3v) is 4.21. The molecule has 2 N–H and O–H groups in total. The van der Waals surface area contributed by atoms with Crippen LogP contribution in [0.15, 0.2) is 48.5 Å². The number of hydrogen-bond donors (Lipinski definition) is 2. The molecule has 3 rings (SSSR count). The molecule has 1 saturated heterocycles. The van der Waals surface area contributed by atoms with Crippen molar-refractivity contribution < 1.29 is 14.0 Å². The molecule has 1 aliphatic rings. The Balaban J connectivity index is 1.51. The summed E-state index contributed by atoms with van der Waals surface area (Å²) in [6.45, 7) is 0.859. The summed E-state index contributed by atoms with van der Waals surface area (Å²) in [6.07, 6.45) is 0.342. The molecule has 5 nitrogen and oxygen atoms in total. The molecule has 3 amide bonds. The quantitative estimate of drug-likeness (QED) is 0.873. The maximum atomic E-state index is 13.0. The second-order valence-corrected chi connectivity index (χ2v) is 6.33. The van der Waals surface area contributed by atoms with Gasteiger partial charge in [-0.05, 0) is 42.5 Å². The first-order valence-electron chi connectivity index (χ1n) is 7.87. The number of hydrogen-bond acceptors (Lipinski definition) is 2. The summed E-state index contributed by atoms with van der Waals surface area (Å²) in [5.41, 5.74) is 1.26. The summed E-state index contributed by atoms with van der Waals surface area (Å²) < 4.78 is 13.0. The maximum Gasteiger partial charge on any atom is 0.319 e. The molecule has 7 heteroatoms. The predicted molar refractivity (Wildman–Crippen MR) is 95.3 cm³/mol. The van der Waals surface area contributed by atoms with Crippen LogP contribution in [0.25, 0.3) is 0 Å². The van der Waals surface area contributed by atoms with Crippen molar-refractivity contribution >= 4 is 34.9 Å². The minimum atomic E-state index is -0.352. The molecule has 0 aromatic heterocycles. The van der Waals surface area contributed by atoms with E-state index in [0.29, 0.717) is 35.9 Å². The molecule has 1 aliphatic heterocycles. The number of nitrogens with one attached hydrogen (secondary N) is 2. The molecule has 0 saturated carbocycles. The van der Waals surface area contributed by atoms with Crippen LogP contribution in [0.1, 0.15) is 6.42 Å². The first-order chi connectivity index (χ1) is 12.0. The Labute approximate surface area is 149 Å². The van der Waals surface area contributed by atoms with Gasteiger partial charge in [-0.25, -0.2) is 9.18 Å². The first-order valence-corrected chi connectivity index (χ1v) is 8.25. The fourth-order valence-corrected chi connectivity index (χ4v) is 2.96. The molecule has 1 atom stereocenters. The zero-order chi connectivity index (χ0) is 17.8. The highest BCUT2D eigenvalue weighted by atomic mass is 35.5. The minimum absolute atomic E-state index is 0.00247. The summed E-state index contributed by atoms with van der Waals surface area (Å²) in [4.78, 5) is 25.7. The minimum Gasteiger partial charge on any atom is -0.338 e. The topological polar surface area (TPSA) is 61.4 Å². The highest BCUT2D eigenvalue weighted by Crippen LogP contribution is 2.25. The van der Waals surface area contributed by atoms with E-state index < -0.39 is 0 Å². The lowest BCUT2D eigenvalue weighted by Gasteiger charge is -2.17. The van der Waals surface area contributed by atoms with Gasteiger partial charge in [-0.2, -0.15) is 0 Å². The number of urea groups is 1. The Morgan fingerprint density at radius 2 is 2.00 bits per heavy atom. The van der Waals surface area contributed by atoms with E-state index in [1.807, 2.05) is 0 Å². The molecule has 0 bridgehead atoms. The van der Waals surface area contributed by atoms with Crippen LogP contribution in [0.2, 0.25) is 5.02 Å². The first kappa shape index (κ1) is 17.2. The number of nitrogens with zero attached hydrogens (tertiary/aromatic N) is 1. The second kappa shape index (κ2) is 7.53. The van der Waals surface area contributed by atoms with Crippen LogP contribution in [0, 0.1) is 11.7 Å². The third kappa shape index (κ3) is 4.48. The van der Waals surface area contributed by atoms with Gasteiger partial charge in [-0.3, -0.25) is 4.79 Å². The number of carbonyl (C=O) groups is 2. The molecule has 0 aliphatic carbocycles. The van der Waals surface area contributed by atoms with E-state index in [1.54, 1.807) is 41.3 Å². The number of halogens is 2. The second-order valence-electron chi connectivity index (χ2n) is 5.90. The van der Waals surface area contributed by atoms with E-state index in [4.69, 9.17) is 11.6 Å². The van der Waals surface area contributed by atoms with Gasteiger partial charge in [0.05, 0.1) is 0 Å². The zero-order valence-corrected chi connectivity index (χ0v) is 14.1. The van der Waals surface area contributed by atoms with Crippen LogP contribution in [-0.4, -0.2) is 25.0 Å². The molecule has 2 aromatic carbocycles. The molecule has 1 fully saturated rings. The number of anilines is 2. The number of rotatable bonds is 4. The Morgan fingerprint density at radius 3 is 2.72 bits per heavy atom. The molecular formula is C18H17ClFN3O2. The van der Waals surface area contributed by atoms with E-state index in [1.165, 1.54) is 12.1 Å². The van der Waals surface area contributed by atoms with Gasteiger partial charge in [0.25, 0.3) is 0 Å². The van der Waals surface area contributed by atoms with Gasteiger partial charge in [0.2, 0.25) is 5.91 Å². The zero-order valence-electron chi connectivity index (χ0n) is 13.3. The molecular weight excluding hydrogens is 345 g/mol. The fraction of sp³-hybridized carbons (Fsp3) is 0.222. The van der Waals surface area contributed by atoms with Crippen LogP contribution in [0.3, 0.4) is 0 Å². The predicted octanol–water partition coefficient (Wildman–Crippen LogP) is 3.65. The smallest absolute Gasteiger partial charge is 0.319 e. The Hall–Kier alpha value is -2.60. The number of carbonyl (C=O) groups excluding carboxylic acids is 2. The van der Waals surface area contributed by atoms with E-state index in [9.17, 15) is 14.0 Å². The Bertz CT molecular complexity index is 782. The highest BCUT2D eigenvalue weighted by Gasteiger charge is 2.30. The summed E-state index contributed by atoms with van der Waals surface area (Å²) >= 11 is 5.87. The molecule has 0 unspecified atom stereocenters. The van der Waals surface area contributed by atoms with E-state index in [0.717, 1.165) is 0 Å². The monoisotopic (exact) mass is 361 g/mol. The van der Waals surface area contributed by atoms with Crippen LogP contribution < -0.4 is 15.5 Å². The number of benzene rings is 2. The average molecular weight is 362 g/mol. The van der Waals surface area contributed by atoms with Crippen molar-refractivity contribution in [3.63, 3.8) is 0 Å². The van der Waals surface area contributed by atoms with Crippen molar-refractivity contribution in [2.75, 3.05) is 23.3 Å². The maximum absolute atomic E-state index is 13.0. The normalized spacial score (nSPS) is 16.8. The van der Waals surface area contributed by atoms with Crippen molar-refractivity contribution in [3.05, 3.63) is 59.4 Å². The van der Waals surface area contributed by atoms with Crippen molar-refractivity contribution in [1.82, 2.24) is 5.32 Å². The van der Waals surface area contributed by atoms with Crippen molar-refractivity contribution in [2.45, 2.75) is 6.42 Å². The van der Waals surface area contributed by atoms with Gasteiger partial charge in [-0.15, -0.1) is 0 Å². The van der Waals surface area contributed by atoms with Crippen molar-refractivity contribution in [3.8, 4) is 0 Å². The van der Waals surface area contributed by atoms with E-state index >= 15 is 0 Å². The van der Waals surface area contributed by atoms with Crippen molar-refractivity contribution in [1.29, 1.82) is 0 Å². The summed E-state index contributed by atoms with van der Waals surface area (Å²) in [5, 5.41) is 5.99. The van der Waals surface area contributed by atoms with Crippen LogP contribution in [0.4, 0.5) is 20.6 Å². The number of amides is 3. The molecule has 2 aromatic rings. The molecule has 0 radical (unpaired) electrons. The van der Waals surface area contributed by atoms with Crippen LogP contribution >= 0.6 is 11.6 Å². The largest absolute Gasteiger partial charge is 0.338 e. The van der Waals surface area contributed by atoms with Gasteiger partial charge in [0, 0.05) is 41.8 Å². The fourth-order valence-electron chi connectivity index (χ4n) is 2.77. The Kier molecular flexibility index (Phi) is 5.19. The van der Waals surface area contributed by atoms with Gasteiger partial charge in [0.15, 0.2) is 0 Å². The summed E-state index contributed by atoms with van der Waals surface area (Å²) in [5.74, 6) is -0.373. The summed E-state index contributed by atoms with van der Waals surface area (Å²) in [6, 6.07) is 12.3. The molecule has 0 spiro atoms. The van der Waals surface area contributed by atoms with E-state index in [-0.39, 0.29) is 23.7 Å². The molecule has 130 valence electrons. The van der Waals surface area contributed by atoms with Gasteiger partial charge >= 0.3 is 6.03 Å². The Morgan fingerprint density at radius 1 is 1.24 bits per heavy atom. The van der Waals surface area contributed by atoms with Crippen LogP contribution in [-0.2, 0) is 4.79 Å². The molecule has 1 heterocycles. The lowest BCUT2D eigenvalue weighted by atomic mass is 10.1. The van der Waals surface area contributed by atoms with Gasteiger partial charge in [0.1, 0.15) is 5.82 Å².